The second kappa shape index (κ2) is 7.23. The Bertz CT molecular complexity index is 875. The van der Waals surface area contributed by atoms with Gasteiger partial charge in [-0.15, -0.1) is 5.10 Å². The number of nitrogens with two attached hydrogens (primary N) is 1. The second-order valence-corrected chi connectivity index (χ2v) is 5.68. The molecule has 3 N–H and O–H groups in total. The summed E-state index contributed by atoms with van der Waals surface area (Å²) in [6.07, 6.45) is 0. The van der Waals surface area contributed by atoms with Gasteiger partial charge in [0.25, 0.3) is 5.91 Å². The Balaban J connectivity index is 1.73. The molecule has 128 valence electrons. The van der Waals surface area contributed by atoms with Crippen LogP contribution in [-0.4, -0.2) is 28.0 Å². The predicted octanol–water partition coefficient (Wildman–Crippen LogP) is 2.44. The molecule has 0 unspecified atom stereocenters. The number of methoxy groups -OCH3 is 1. The number of rotatable bonds is 5. The fraction of sp³-hybridized carbons (Fsp3) is 0.118. The van der Waals surface area contributed by atoms with Crippen molar-refractivity contribution in [2.45, 2.75) is 6.54 Å². The molecule has 0 saturated heterocycles. The highest BCUT2D eigenvalue weighted by Gasteiger charge is 2.18. The third-order valence-corrected chi connectivity index (χ3v) is 3.86. The largest absolute Gasteiger partial charge is 0.497 e. The number of nitrogens with one attached hydrogen (secondary N) is 1. The quantitative estimate of drug-likeness (QED) is 0.731. The molecule has 8 heteroatoms. The number of carbonyl (C=O) groups is 1. The molecule has 3 aromatic rings. The van der Waals surface area contributed by atoms with E-state index in [2.05, 4.69) is 15.6 Å². The zero-order valence-corrected chi connectivity index (χ0v) is 14.2. The lowest BCUT2D eigenvalue weighted by molar-refractivity contribution is 0.0947. The van der Waals surface area contributed by atoms with Crippen molar-refractivity contribution >= 4 is 23.3 Å². The Kier molecular flexibility index (Phi) is 4.85. The van der Waals surface area contributed by atoms with E-state index in [0.29, 0.717) is 23.0 Å². The second-order valence-electron chi connectivity index (χ2n) is 5.24. The molecule has 7 nitrogen and oxygen atoms in total. The molecule has 0 atom stereocenters. The van der Waals surface area contributed by atoms with Crippen LogP contribution in [0.25, 0.3) is 5.69 Å². The van der Waals surface area contributed by atoms with Crippen LogP contribution in [0.15, 0.2) is 48.5 Å². The molecule has 1 aromatic heterocycles. The minimum atomic E-state index is -0.396. The summed E-state index contributed by atoms with van der Waals surface area (Å²) in [5, 5.41) is 11.2. The van der Waals surface area contributed by atoms with Gasteiger partial charge in [-0.05, 0) is 42.0 Å². The summed E-state index contributed by atoms with van der Waals surface area (Å²) >= 11 is 5.84. The van der Waals surface area contributed by atoms with Gasteiger partial charge in [0.1, 0.15) is 5.75 Å². The first-order valence-corrected chi connectivity index (χ1v) is 7.84. The molecule has 1 amide bonds. The first-order chi connectivity index (χ1) is 12.1. The van der Waals surface area contributed by atoms with E-state index >= 15 is 0 Å². The molecule has 3 rings (SSSR count). The molecule has 0 radical (unpaired) electrons. The molecule has 0 saturated carbocycles. The molecule has 0 fully saturated rings. The number of ether oxygens (including phenoxy) is 1. The van der Waals surface area contributed by atoms with Crippen molar-refractivity contribution < 1.29 is 9.53 Å². The maximum Gasteiger partial charge on any atom is 0.275 e. The van der Waals surface area contributed by atoms with Crippen molar-refractivity contribution in [2.24, 2.45) is 0 Å². The van der Waals surface area contributed by atoms with Crippen LogP contribution in [-0.2, 0) is 6.54 Å². The van der Waals surface area contributed by atoms with Gasteiger partial charge in [0, 0.05) is 11.6 Å². The number of nitrogen functional groups attached to an aromatic ring is 1. The van der Waals surface area contributed by atoms with Crippen LogP contribution in [0.3, 0.4) is 0 Å². The van der Waals surface area contributed by atoms with Gasteiger partial charge in [-0.2, -0.15) is 4.68 Å². The molecule has 0 aliphatic rings. The summed E-state index contributed by atoms with van der Waals surface area (Å²) in [5.41, 5.74) is 7.70. The minimum absolute atomic E-state index is 0.0739. The van der Waals surface area contributed by atoms with Crippen LogP contribution < -0.4 is 15.8 Å². The topological polar surface area (TPSA) is 95.1 Å². The Morgan fingerprint density at radius 2 is 1.88 bits per heavy atom. The lowest BCUT2D eigenvalue weighted by Gasteiger charge is -2.06. The maximum absolute atomic E-state index is 12.3. The lowest BCUT2D eigenvalue weighted by Crippen LogP contribution is -2.24. The summed E-state index contributed by atoms with van der Waals surface area (Å²) in [6.45, 7) is 0.338. The van der Waals surface area contributed by atoms with Gasteiger partial charge in [0.2, 0.25) is 0 Å². The van der Waals surface area contributed by atoms with E-state index in [-0.39, 0.29) is 11.5 Å². The van der Waals surface area contributed by atoms with E-state index in [1.165, 1.54) is 4.68 Å². The normalized spacial score (nSPS) is 10.5. The Labute approximate surface area is 149 Å². The fourth-order valence-electron chi connectivity index (χ4n) is 2.23. The highest BCUT2D eigenvalue weighted by molar-refractivity contribution is 6.30. The van der Waals surface area contributed by atoms with Crippen molar-refractivity contribution in [1.29, 1.82) is 0 Å². The molecule has 1 heterocycles. The summed E-state index contributed by atoms with van der Waals surface area (Å²) < 4.78 is 6.51. The summed E-state index contributed by atoms with van der Waals surface area (Å²) in [6, 6.07) is 14.3. The van der Waals surface area contributed by atoms with Crippen LogP contribution in [0.5, 0.6) is 5.75 Å². The minimum Gasteiger partial charge on any atom is -0.497 e. The number of hydrogen-bond donors (Lipinski definition) is 2. The molecular formula is C17H16ClN5O2. The maximum atomic E-state index is 12.3. The van der Waals surface area contributed by atoms with E-state index in [9.17, 15) is 4.79 Å². The van der Waals surface area contributed by atoms with Crippen LogP contribution in [0.4, 0.5) is 5.82 Å². The van der Waals surface area contributed by atoms with Crippen LogP contribution in [0, 0.1) is 0 Å². The zero-order valence-electron chi connectivity index (χ0n) is 13.4. The van der Waals surface area contributed by atoms with Gasteiger partial charge in [0.15, 0.2) is 11.5 Å². The van der Waals surface area contributed by atoms with Crippen LogP contribution in [0.2, 0.25) is 5.02 Å². The number of nitrogens with zero attached hydrogens (tertiary/aromatic N) is 3. The summed E-state index contributed by atoms with van der Waals surface area (Å²) in [4.78, 5) is 12.3. The SMILES string of the molecule is COc1ccc(-n2nnc(C(=O)NCc3ccc(Cl)cc3)c2N)cc1. The number of benzene rings is 2. The van der Waals surface area contributed by atoms with E-state index < -0.39 is 5.91 Å². The van der Waals surface area contributed by atoms with E-state index in [0.717, 1.165) is 5.56 Å². The lowest BCUT2D eigenvalue weighted by atomic mass is 10.2. The molecular weight excluding hydrogens is 342 g/mol. The molecule has 2 aromatic carbocycles. The van der Waals surface area contributed by atoms with Gasteiger partial charge >= 0.3 is 0 Å². The standard InChI is InChI=1S/C17H16ClN5O2/c1-25-14-8-6-13(7-9-14)23-16(19)15(21-22-23)17(24)20-10-11-2-4-12(18)5-3-11/h2-9H,10,19H2,1H3,(H,20,24). The molecule has 0 bridgehead atoms. The van der Waals surface area contributed by atoms with Gasteiger partial charge in [-0.3, -0.25) is 4.79 Å². The first kappa shape index (κ1) is 16.8. The Morgan fingerprint density at radius 3 is 2.52 bits per heavy atom. The highest BCUT2D eigenvalue weighted by atomic mass is 35.5. The molecule has 0 spiro atoms. The molecule has 0 aliphatic carbocycles. The Morgan fingerprint density at radius 1 is 1.20 bits per heavy atom. The van der Waals surface area contributed by atoms with Gasteiger partial charge < -0.3 is 15.8 Å². The number of aromatic nitrogens is 3. The van der Waals surface area contributed by atoms with Crippen molar-refractivity contribution in [3.05, 3.63) is 64.8 Å². The Hall–Kier alpha value is -3.06. The monoisotopic (exact) mass is 357 g/mol. The van der Waals surface area contributed by atoms with Crippen LogP contribution >= 0.6 is 11.6 Å². The average molecular weight is 358 g/mol. The number of amides is 1. The first-order valence-electron chi connectivity index (χ1n) is 7.46. The van der Waals surface area contributed by atoms with Crippen molar-refractivity contribution in [2.75, 3.05) is 12.8 Å². The number of carbonyl (C=O) groups excluding carboxylic acids is 1. The molecule has 25 heavy (non-hydrogen) atoms. The van der Waals surface area contributed by atoms with Crippen molar-refractivity contribution in [3.63, 3.8) is 0 Å². The van der Waals surface area contributed by atoms with Crippen molar-refractivity contribution in [1.82, 2.24) is 20.3 Å². The summed E-state index contributed by atoms with van der Waals surface area (Å²) in [7, 11) is 1.59. The molecule has 0 aliphatic heterocycles. The van der Waals surface area contributed by atoms with Crippen LogP contribution in [0.1, 0.15) is 16.1 Å². The number of hydrogen-bond acceptors (Lipinski definition) is 5. The number of halogens is 1. The third-order valence-electron chi connectivity index (χ3n) is 3.60. The van der Waals surface area contributed by atoms with E-state index in [4.69, 9.17) is 22.1 Å². The van der Waals surface area contributed by atoms with Crippen molar-refractivity contribution in [3.8, 4) is 11.4 Å². The summed E-state index contributed by atoms with van der Waals surface area (Å²) in [5.74, 6) is 0.481. The average Bonchev–Trinajstić information content (AvgIpc) is 3.02. The van der Waals surface area contributed by atoms with Gasteiger partial charge in [0.05, 0.1) is 12.8 Å². The number of anilines is 1. The van der Waals surface area contributed by atoms with Gasteiger partial charge in [-0.25, -0.2) is 0 Å². The van der Waals surface area contributed by atoms with E-state index in [1.54, 1.807) is 43.5 Å². The third kappa shape index (κ3) is 3.72. The smallest absolute Gasteiger partial charge is 0.275 e. The van der Waals surface area contributed by atoms with E-state index in [1.807, 2.05) is 12.1 Å². The predicted molar refractivity (Wildman–Crippen MR) is 94.9 cm³/mol. The highest BCUT2D eigenvalue weighted by Crippen LogP contribution is 2.18. The zero-order chi connectivity index (χ0) is 17.8. The fourth-order valence-corrected chi connectivity index (χ4v) is 2.36. The van der Waals surface area contributed by atoms with Gasteiger partial charge in [-0.1, -0.05) is 28.9 Å².